The predicted octanol–water partition coefficient (Wildman–Crippen LogP) is 3.70. The second kappa shape index (κ2) is 6.56. The van der Waals surface area contributed by atoms with E-state index in [1.165, 1.54) is 6.07 Å². The Kier molecular flexibility index (Phi) is 4.77. The summed E-state index contributed by atoms with van der Waals surface area (Å²) in [5, 5.41) is 24.5. The van der Waals surface area contributed by atoms with E-state index in [0.717, 1.165) is 11.3 Å². The van der Waals surface area contributed by atoms with Gasteiger partial charge in [0.25, 0.3) is 5.69 Å². The zero-order valence-electron chi connectivity index (χ0n) is 11.4. The fourth-order valence-corrected chi connectivity index (χ4v) is 2.11. The van der Waals surface area contributed by atoms with Crippen LogP contribution in [0, 0.1) is 17.0 Å². The van der Waals surface area contributed by atoms with Crippen LogP contribution in [0.2, 0.25) is 5.02 Å². The molecule has 2 rings (SSSR count). The zero-order chi connectivity index (χ0) is 15.4. The molecule has 0 saturated heterocycles. The summed E-state index contributed by atoms with van der Waals surface area (Å²) in [6.45, 7) is 1.98. The lowest BCUT2D eigenvalue weighted by Gasteiger charge is -2.13. The molecule has 0 aliphatic rings. The molecule has 1 unspecified atom stereocenters. The highest BCUT2D eigenvalue weighted by atomic mass is 35.5. The lowest BCUT2D eigenvalue weighted by Crippen LogP contribution is -2.12. The van der Waals surface area contributed by atoms with Crippen molar-refractivity contribution in [1.29, 1.82) is 0 Å². The summed E-state index contributed by atoms with van der Waals surface area (Å²) >= 11 is 5.79. The standard InChI is InChI=1S/C15H15ClN2O3/c1-10-8-13(6-7-14(10)18(20)21)17-9-15(19)11-2-4-12(16)5-3-11/h2-8,15,17,19H,9H2,1H3. The van der Waals surface area contributed by atoms with Gasteiger partial charge in [0.15, 0.2) is 0 Å². The number of nitrogens with zero attached hydrogens (tertiary/aromatic N) is 1. The Morgan fingerprint density at radius 1 is 1.29 bits per heavy atom. The van der Waals surface area contributed by atoms with Crippen molar-refractivity contribution in [3.05, 3.63) is 68.7 Å². The highest BCUT2D eigenvalue weighted by Crippen LogP contribution is 2.22. The van der Waals surface area contributed by atoms with Crippen LogP contribution in [0.25, 0.3) is 0 Å². The van der Waals surface area contributed by atoms with Crippen LogP contribution in [0.15, 0.2) is 42.5 Å². The molecule has 0 aromatic heterocycles. The Morgan fingerprint density at radius 2 is 1.95 bits per heavy atom. The average Bonchev–Trinajstić information content (AvgIpc) is 2.45. The monoisotopic (exact) mass is 306 g/mol. The van der Waals surface area contributed by atoms with Crippen LogP contribution in [-0.4, -0.2) is 16.6 Å². The number of hydrogen-bond donors (Lipinski definition) is 2. The predicted molar refractivity (Wildman–Crippen MR) is 82.7 cm³/mol. The number of anilines is 1. The van der Waals surface area contributed by atoms with Gasteiger partial charge in [0, 0.05) is 28.9 Å². The van der Waals surface area contributed by atoms with Crippen LogP contribution < -0.4 is 5.32 Å². The number of aryl methyl sites for hydroxylation is 1. The minimum Gasteiger partial charge on any atom is -0.387 e. The number of rotatable bonds is 5. The second-order valence-electron chi connectivity index (χ2n) is 4.71. The van der Waals surface area contributed by atoms with Crippen molar-refractivity contribution in [2.24, 2.45) is 0 Å². The van der Waals surface area contributed by atoms with Gasteiger partial charge < -0.3 is 10.4 Å². The molecule has 5 nitrogen and oxygen atoms in total. The van der Waals surface area contributed by atoms with Crippen molar-refractivity contribution < 1.29 is 10.0 Å². The van der Waals surface area contributed by atoms with E-state index in [-0.39, 0.29) is 5.69 Å². The van der Waals surface area contributed by atoms with Gasteiger partial charge in [0.05, 0.1) is 11.0 Å². The van der Waals surface area contributed by atoms with Crippen molar-refractivity contribution >= 4 is 23.0 Å². The molecular weight excluding hydrogens is 292 g/mol. The molecular formula is C15H15ClN2O3. The smallest absolute Gasteiger partial charge is 0.272 e. The maximum absolute atomic E-state index is 10.7. The summed E-state index contributed by atoms with van der Waals surface area (Å²) in [6, 6.07) is 11.7. The summed E-state index contributed by atoms with van der Waals surface area (Å²) in [6.07, 6.45) is -0.683. The fourth-order valence-electron chi connectivity index (χ4n) is 1.99. The van der Waals surface area contributed by atoms with Crippen LogP contribution >= 0.6 is 11.6 Å². The molecule has 0 aliphatic heterocycles. The molecule has 0 bridgehead atoms. The first-order valence-electron chi connectivity index (χ1n) is 6.40. The minimum atomic E-state index is -0.683. The average molecular weight is 307 g/mol. The van der Waals surface area contributed by atoms with E-state index in [9.17, 15) is 15.2 Å². The van der Waals surface area contributed by atoms with Crippen molar-refractivity contribution in [3.63, 3.8) is 0 Å². The summed E-state index contributed by atoms with van der Waals surface area (Å²) < 4.78 is 0. The quantitative estimate of drug-likeness (QED) is 0.652. The van der Waals surface area contributed by atoms with Gasteiger partial charge >= 0.3 is 0 Å². The number of benzene rings is 2. The number of nitro benzene ring substituents is 1. The van der Waals surface area contributed by atoms with Crippen LogP contribution in [0.4, 0.5) is 11.4 Å². The normalized spacial score (nSPS) is 12.0. The van der Waals surface area contributed by atoms with Gasteiger partial charge in [0.1, 0.15) is 0 Å². The van der Waals surface area contributed by atoms with E-state index in [1.54, 1.807) is 43.3 Å². The van der Waals surface area contributed by atoms with E-state index < -0.39 is 11.0 Å². The van der Waals surface area contributed by atoms with Gasteiger partial charge in [-0.1, -0.05) is 23.7 Å². The SMILES string of the molecule is Cc1cc(NCC(O)c2ccc(Cl)cc2)ccc1[N+](=O)[O-]. The summed E-state index contributed by atoms with van der Waals surface area (Å²) in [4.78, 5) is 10.3. The molecule has 6 heteroatoms. The highest BCUT2D eigenvalue weighted by Gasteiger charge is 2.11. The van der Waals surface area contributed by atoms with Crippen molar-refractivity contribution in [2.45, 2.75) is 13.0 Å². The molecule has 2 aromatic rings. The first-order valence-corrected chi connectivity index (χ1v) is 6.77. The van der Waals surface area contributed by atoms with Crippen molar-refractivity contribution in [3.8, 4) is 0 Å². The molecule has 2 aromatic carbocycles. The molecule has 0 amide bonds. The Morgan fingerprint density at radius 3 is 2.52 bits per heavy atom. The molecule has 2 N–H and O–H groups in total. The lowest BCUT2D eigenvalue weighted by molar-refractivity contribution is -0.385. The minimum absolute atomic E-state index is 0.0822. The third-order valence-corrected chi connectivity index (χ3v) is 3.40. The molecule has 0 fully saturated rings. The first-order chi connectivity index (χ1) is 9.97. The number of halogens is 1. The number of nitrogens with one attached hydrogen (secondary N) is 1. The highest BCUT2D eigenvalue weighted by molar-refractivity contribution is 6.30. The first kappa shape index (κ1) is 15.3. The Balaban J connectivity index is 2.01. The Bertz CT molecular complexity index is 644. The van der Waals surface area contributed by atoms with E-state index in [1.807, 2.05) is 0 Å². The fraction of sp³-hybridized carbons (Fsp3) is 0.200. The third-order valence-electron chi connectivity index (χ3n) is 3.15. The largest absolute Gasteiger partial charge is 0.387 e. The van der Waals surface area contributed by atoms with E-state index in [2.05, 4.69) is 5.32 Å². The van der Waals surface area contributed by atoms with Crippen LogP contribution in [-0.2, 0) is 0 Å². The summed E-state index contributed by atoms with van der Waals surface area (Å²) in [5.41, 5.74) is 2.14. The van der Waals surface area contributed by atoms with E-state index in [0.29, 0.717) is 17.1 Å². The van der Waals surface area contributed by atoms with E-state index >= 15 is 0 Å². The Labute approximate surface area is 127 Å². The molecule has 1 atom stereocenters. The number of nitro groups is 1. The zero-order valence-corrected chi connectivity index (χ0v) is 12.2. The van der Waals surface area contributed by atoms with Crippen LogP contribution in [0.1, 0.15) is 17.2 Å². The molecule has 0 spiro atoms. The molecule has 110 valence electrons. The summed E-state index contributed by atoms with van der Waals surface area (Å²) in [5.74, 6) is 0. The molecule has 0 heterocycles. The van der Waals surface area contributed by atoms with Gasteiger partial charge in [0.2, 0.25) is 0 Å². The van der Waals surface area contributed by atoms with Crippen molar-refractivity contribution in [1.82, 2.24) is 0 Å². The van der Waals surface area contributed by atoms with Gasteiger partial charge in [-0.25, -0.2) is 0 Å². The van der Waals surface area contributed by atoms with Crippen molar-refractivity contribution in [2.75, 3.05) is 11.9 Å². The van der Waals surface area contributed by atoms with Gasteiger partial charge in [-0.2, -0.15) is 0 Å². The third kappa shape index (κ3) is 3.93. The van der Waals surface area contributed by atoms with Gasteiger partial charge in [-0.05, 0) is 36.8 Å². The lowest BCUT2D eigenvalue weighted by atomic mass is 10.1. The van der Waals surface area contributed by atoms with Gasteiger partial charge in [-0.3, -0.25) is 10.1 Å². The molecule has 0 aliphatic carbocycles. The maximum atomic E-state index is 10.7. The van der Waals surface area contributed by atoms with Crippen LogP contribution in [0.3, 0.4) is 0 Å². The molecule has 0 radical (unpaired) electrons. The van der Waals surface area contributed by atoms with Crippen LogP contribution in [0.5, 0.6) is 0 Å². The second-order valence-corrected chi connectivity index (χ2v) is 5.14. The summed E-state index contributed by atoms with van der Waals surface area (Å²) in [7, 11) is 0. The number of aliphatic hydroxyl groups is 1. The Hall–Kier alpha value is -2.11. The molecule has 21 heavy (non-hydrogen) atoms. The maximum Gasteiger partial charge on any atom is 0.272 e. The number of aliphatic hydroxyl groups excluding tert-OH is 1. The molecule has 0 saturated carbocycles. The van der Waals surface area contributed by atoms with E-state index in [4.69, 9.17) is 11.6 Å². The topological polar surface area (TPSA) is 75.4 Å². The number of hydrogen-bond acceptors (Lipinski definition) is 4. The van der Waals surface area contributed by atoms with Gasteiger partial charge in [-0.15, -0.1) is 0 Å².